The lowest BCUT2D eigenvalue weighted by atomic mass is 10.1. The van der Waals surface area contributed by atoms with Crippen LogP contribution in [0.5, 0.6) is 5.88 Å². The van der Waals surface area contributed by atoms with Crippen molar-refractivity contribution in [3.63, 3.8) is 0 Å². The molecule has 4 aromatic rings. The summed E-state index contributed by atoms with van der Waals surface area (Å²) in [5.41, 5.74) is 3.04. The van der Waals surface area contributed by atoms with Gasteiger partial charge in [0.25, 0.3) is 5.91 Å². The van der Waals surface area contributed by atoms with Crippen LogP contribution in [0.25, 0.3) is 17.0 Å². The van der Waals surface area contributed by atoms with E-state index in [0.717, 1.165) is 11.1 Å². The Balaban J connectivity index is 1.41. The Hall–Kier alpha value is -3.45. The maximum atomic E-state index is 12.1. The van der Waals surface area contributed by atoms with Gasteiger partial charge in [0.15, 0.2) is 11.5 Å². The summed E-state index contributed by atoms with van der Waals surface area (Å²) in [6.45, 7) is 2.61. The van der Waals surface area contributed by atoms with Crippen LogP contribution in [0.1, 0.15) is 15.9 Å². The molecule has 4 rings (SSSR count). The van der Waals surface area contributed by atoms with E-state index in [9.17, 15) is 4.79 Å². The van der Waals surface area contributed by atoms with E-state index >= 15 is 0 Å². The number of aryl methyl sites for hydroxylation is 1. The van der Waals surface area contributed by atoms with Crippen molar-refractivity contribution < 1.29 is 9.53 Å². The van der Waals surface area contributed by atoms with Crippen LogP contribution < -0.4 is 10.1 Å². The fraction of sp³-hybridized carbons (Fsp3) is 0.143. The second-order valence-electron chi connectivity index (χ2n) is 6.42. The van der Waals surface area contributed by atoms with Crippen LogP contribution in [-0.2, 0) is 0 Å². The Labute approximate surface area is 172 Å². The summed E-state index contributed by atoms with van der Waals surface area (Å²) < 4.78 is 7.26. The molecule has 0 fully saturated rings. The number of fused-ring (bicyclic) bond motifs is 1. The van der Waals surface area contributed by atoms with Gasteiger partial charge in [-0.15, -0.1) is 15.3 Å². The van der Waals surface area contributed by atoms with Gasteiger partial charge >= 0.3 is 0 Å². The van der Waals surface area contributed by atoms with E-state index in [-0.39, 0.29) is 12.5 Å². The molecule has 0 bridgehead atoms. The molecule has 1 N–H and O–H groups in total. The van der Waals surface area contributed by atoms with E-state index in [1.807, 2.05) is 37.3 Å². The topological polar surface area (TPSA) is 81.4 Å². The minimum Gasteiger partial charge on any atom is -0.475 e. The number of hydrogen-bond acceptors (Lipinski definition) is 5. The monoisotopic (exact) mass is 407 g/mol. The molecule has 0 radical (unpaired) electrons. The molecule has 0 aliphatic rings. The average Bonchev–Trinajstić information content (AvgIpc) is 3.15. The van der Waals surface area contributed by atoms with Crippen LogP contribution in [0.15, 0.2) is 60.7 Å². The van der Waals surface area contributed by atoms with E-state index in [2.05, 4.69) is 20.6 Å². The highest BCUT2D eigenvalue weighted by Crippen LogP contribution is 2.26. The molecule has 7 nitrogen and oxygen atoms in total. The molecule has 29 heavy (non-hydrogen) atoms. The SMILES string of the molecule is Cc1ccc(C(=O)NCCOc2ccc3nnc(-c4ccccc4Cl)n3n2)cc1. The van der Waals surface area contributed by atoms with Crippen molar-refractivity contribution >= 4 is 23.2 Å². The van der Waals surface area contributed by atoms with Gasteiger partial charge in [0, 0.05) is 17.2 Å². The zero-order valence-electron chi connectivity index (χ0n) is 15.7. The first-order valence-electron chi connectivity index (χ1n) is 9.07. The number of carbonyl (C=O) groups is 1. The molecule has 2 aromatic heterocycles. The minimum atomic E-state index is -0.142. The predicted molar refractivity (Wildman–Crippen MR) is 110 cm³/mol. The Morgan fingerprint density at radius 2 is 1.86 bits per heavy atom. The van der Waals surface area contributed by atoms with E-state index in [1.54, 1.807) is 34.8 Å². The third-order valence-corrected chi connectivity index (χ3v) is 4.63. The van der Waals surface area contributed by atoms with E-state index in [1.165, 1.54) is 0 Å². The molecule has 0 aliphatic heterocycles. The first kappa shape index (κ1) is 18.9. The van der Waals surface area contributed by atoms with Crippen LogP contribution in [0, 0.1) is 6.92 Å². The highest BCUT2D eigenvalue weighted by atomic mass is 35.5. The number of carbonyl (C=O) groups excluding carboxylic acids is 1. The molecular formula is C21H18ClN5O2. The molecule has 2 heterocycles. The van der Waals surface area contributed by atoms with Gasteiger partial charge in [0.1, 0.15) is 6.61 Å². The Kier molecular flexibility index (Phi) is 5.39. The number of rotatable bonds is 6. The van der Waals surface area contributed by atoms with Gasteiger partial charge in [0.2, 0.25) is 5.88 Å². The van der Waals surface area contributed by atoms with Gasteiger partial charge in [0.05, 0.1) is 11.6 Å². The van der Waals surface area contributed by atoms with E-state index < -0.39 is 0 Å². The van der Waals surface area contributed by atoms with Crippen molar-refractivity contribution in [3.8, 4) is 17.3 Å². The summed E-state index contributed by atoms with van der Waals surface area (Å²) in [5.74, 6) is 0.788. The van der Waals surface area contributed by atoms with Crippen LogP contribution >= 0.6 is 11.6 Å². The number of nitrogens with zero attached hydrogens (tertiary/aromatic N) is 4. The van der Waals surface area contributed by atoms with Gasteiger partial charge < -0.3 is 10.1 Å². The van der Waals surface area contributed by atoms with Crippen molar-refractivity contribution in [2.24, 2.45) is 0 Å². The van der Waals surface area contributed by atoms with Crippen molar-refractivity contribution in [2.75, 3.05) is 13.2 Å². The summed E-state index contributed by atoms with van der Waals surface area (Å²) in [4.78, 5) is 12.1. The number of halogens is 1. The van der Waals surface area contributed by atoms with Gasteiger partial charge in [-0.05, 0) is 37.3 Å². The largest absolute Gasteiger partial charge is 0.475 e. The number of amides is 1. The summed E-state index contributed by atoms with van der Waals surface area (Å²) in [5, 5.41) is 16.1. The fourth-order valence-electron chi connectivity index (χ4n) is 2.79. The highest BCUT2D eigenvalue weighted by Gasteiger charge is 2.13. The fourth-order valence-corrected chi connectivity index (χ4v) is 3.01. The third-order valence-electron chi connectivity index (χ3n) is 4.30. The normalized spacial score (nSPS) is 10.8. The second kappa shape index (κ2) is 8.28. The maximum absolute atomic E-state index is 12.1. The number of benzene rings is 2. The smallest absolute Gasteiger partial charge is 0.251 e. The van der Waals surface area contributed by atoms with E-state index in [0.29, 0.717) is 34.5 Å². The summed E-state index contributed by atoms with van der Waals surface area (Å²) in [6.07, 6.45) is 0. The van der Waals surface area contributed by atoms with E-state index in [4.69, 9.17) is 16.3 Å². The lowest BCUT2D eigenvalue weighted by molar-refractivity contribution is 0.0946. The van der Waals surface area contributed by atoms with Crippen LogP contribution in [0.3, 0.4) is 0 Å². The standard InChI is InChI=1S/C21H18ClN5O2/c1-14-6-8-15(9-7-14)21(28)23-12-13-29-19-11-10-18-24-25-20(27(18)26-19)16-4-2-3-5-17(16)22/h2-11H,12-13H2,1H3,(H,23,28). The van der Waals surface area contributed by atoms with Crippen LogP contribution in [-0.4, -0.2) is 38.9 Å². The molecule has 0 saturated heterocycles. The van der Waals surface area contributed by atoms with Gasteiger partial charge in [-0.1, -0.05) is 41.4 Å². The maximum Gasteiger partial charge on any atom is 0.251 e. The average molecular weight is 408 g/mol. The highest BCUT2D eigenvalue weighted by molar-refractivity contribution is 6.33. The predicted octanol–water partition coefficient (Wildman–Crippen LogP) is 3.56. The van der Waals surface area contributed by atoms with Crippen molar-refractivity contribution in [1.29, 1.82) is 0 Å². The Morgan fingerprint density at radius 3 is 2.66 bits per heavy atom. The number of ether oxygens (including phenoxy) is 1. The quantitative estimate of drug-likeness (QED) is 0.494. The lowest BCUT2D eigenvalue weighted by Gasteiger charge is -2.08. The Bertz CT molecular complexity index is 1160. The zero-order valence-corrected chi connectivity index (χ0v) is 16.4. The molecule has 0 saturated carbocycles. The van der Waals surface area contributed by atoms with Crippen LogP contribution in [0.2, 0.25) is 5.02 Å². The second-order valence-corrected chi connectivity index (χ2v) is 6.82. The number of hydrogen-bond donors (Lipinski definition) is 1. The van der Waals surface area contributed by atoms with Crippen molar-refractivity contribution in [1.82, 2.24) is 25.1 Å². The molecule has 0 unspecified atom stereocenters. The minimum absolute atomic E-state index is 0.142. The summed E-state index contributed by atoms with van der Waals surface area (Å²) in [7, 11) is 0. The molecule has 0 aliphatic carbocycles. The Morgan fingerprint density at radius 1 is 1.07 bits per heavy atom. The van der Waals surface area contributed by atoms with Gasteiger partial charge in [-0.2, -0.15) is 4.52 Å². The summed E-state index contributed by atoms with van der Waals surface area (Å²) >= 11 is 6.27. The third kappa shape index (κ3) is 4.20. The van der Waals surface area contributed by atoms with Crippen LogP contribution in [0.4, 0.5) is 0 Å². The van der Waals surface area contributed by atoms with Crippen molar-refractivity contribution in [3.05, 3.63) is 76.8 Å². The first-order valence-corrected chi connectivity index (χ1v) is 9.44. The molecule has 1 amide bonds. The molecule has 8 heteroatoms. The first-order chi connectivity index (χ1) is 14.1. The molecule has 146 valence electrons. The van der Waals surface area contributed by atoms with Crippen molar-refractivity contribution in [2.45, 2.75) is 6.92 Å². The van der Waals surface area contributed by atoms with Gasteiger partial charge in [-0.25, -0.2) is 0 Å². The molecular weight excluding hydrogens is 390 g/mol. The number of aromatic nitrogens is 4. The lowest BCUT2D eigenvalue weighted by Crippen LogP contribution is -2.28. The molecule has 0 spiro atoms. The van der Waals surface area contributed by atoms with Gasteiger partial charge in [-0.3, -0.25) is 4.79 Å². The molecule has 0 atom stereocenters. The number of nitrogens with one attached hydrogen (secondary N) is 1. The zero-order chi connectivity index (χ0) is 20.2. The summed E-state index contributed by atoms with van der Waals surface area (Å²) in [6, 6.07) is 18.2. The molecule has 2 aromatic carbocycles.